The molecule has 0 spiro atoms. The van der Waals surface area contributed by atoms with Crippen LogP contribution in [0.15, 0.2) is 29.0 Å². The summed E-state index contributed by atoms with van der Waals surface area (Å²) in [6.45, 7) is 2.83. The highest BCUT2D eigenvalue weighted by Crippen LogP contribution is 2.32. The van der Waals surface area contributed by atoms with Crippen molar-refractivity contribution in [2.24, 2.45) is 7.05 Å². The van der Waals surface area contributed by atoms with E-state index in [0.29, 0.717) is 10.0 Å². The summed E-state index contributed by atoms with van der Waals surface area (Å²) in [7, 11) is 1.89. The quantitative estimate of drug-likeness (QED) is 0.815. The molecule has 0 fully saturated rings. The summed E-state index contributed by atoms with van der Waals surface area (Å²) in [6, 6.07) is 3.16. The lowest BCUT2D eigenvalue weighted by molar-refractivity contribution is 0.519. The fourth-order valence-corrected chi connectivity index (χ4v) is 2.53. The molecule has 2 rings (SSSR count). The van der Waals surface area contributed by atoms with Crippen LogP contribution >= 0.6 is 27.5 Å². The molecule has 0 amide bonds. The predicted octanol–water partition coefficient (Wildman–Crippen LogP) is 4.06. The Morgan fingerprint density at radius 2 is 2.25 bits per heavy atom. The first-order chi connectivity index (χ1) is 9.56. The molecular formula is C14H16BrClFN3. The third-order valence-corrected chi connectivity index (χ3v) is 4.35. The summed E-state index contributed by atoms with van der Waals surface area (Å²) in [5.74, 6) is 0.341. The van der Waals surface area contributed by atoms with E-state index in [2.05, 4.69) is 33.2 Å². The molecule has 108 valence electrons. The van der Waals surface area contributed by atoms with Crippen LogP contribution in [0, 0.1) is 5.82 Å². The number of halogens is 3. The number of hydrogen-bond acceptors (Lipinski definition) is 2. The van der Waals surface area contributed by atoms with Gasteiger partial charge in [0.15, 0.2) is 0 Å². The Kier molecular flexibility index (Phi) is 5.18. The molecule has 2 aromatic rings. The molecule has 0 aliphatic rings. The van der Waals surface area contributed by atoms with Gasteiger partial charge in [0.25, 0.3) is 0 Å². The van der Waals surface area contributed by atoms with E-state index in [0.717, 1.165) is 18.8 Å². The fourth-order valence-electron chi connectivity index (χ4n) is 2.05. The van der Waals surface area contributed by atoms with Crippen molar-refractivity contribution in [3.05, 3.63) is 51.2 Å². The van der Waals surface area contributed by atoms with Crippen LogP contribution in [0.5, 0.6) is 0 Å². The van der Waals surface area contributed by atoms with Gasteiger partial charge in [-0.15, -0.1) is 0 Å². The summed E-state index contributed by atoms with van der Waals surface area (Å²) >= 11 is 9.22. The van der Waals surface area contributed by atoms with Gasteiger partial charge in [-0.25, -0.2) is 9.37 Å². The topological polar surface area (TPSA) is 29.9 Å². The minimum absolute atomic E-state index is 0.0972. The summed E-state index contributed by atoms with van der Waals surface area (Å²) < 4.78 is 16.9. The van der Waals surface area contributed by atoms with Crippen LogP contribution in [0.4, 0.5) is 4.39 Å². The number of nitrogens with one attached hydrogen (secondary N) is 1. The molecule has 1 heterocycles. The molecule has 0 bridgehead atoms. The Bertz CT molecular complexity index is 600. The molecule has 1 unspecified atom stereocenters. The maximum absolute atomic E-state index is 14.4. The monoisotopic (exact) mass is 359 g/mol. The maximum atomic E-state index is 14.4. The van der Waals surface area contributed by atoms with Gasteiger partial charge in [-0.05, 0) is 35.0 Å². The third kappa shape index (κ3) is 3.05. The van der Waals surface area contributed by atoms with Crippen molar-refractivity contribution in [3.8, 4) is 0 Å². The molecule has 0 radical (unpaired) electrons. The molecule has 3 nitrogen and oxygen atoms in total. The predicted molar refractivity (Wildman–Crippen MR) is 82.5 cm³/mol. The lowest BCUT2D eigenvalue weighted by Gasteiger charge is -2.20. The van der Waals surface area contributed by atoms with E-state index in [1.54, 1.807) is 18.3 Å². The largest absolute Gasteiger partial charge is 0.336 e. The van der Waals surface area contributed by atoms with Crippen molar-refractivity contribution < 1.29 is 4.39 Å². The molecule has 0 saturated heterocycles. The lowest BCUT2D eigenvalue weighted by atomic mass is 10.1. The Balaban J connectivity index is 2.47. The lowest BCUT2D eigenvalue weighted by Crippen LogP contribution is -2.26. The van der Waals surface area contributed by atoms with Crippen LogP contribution < -0.4 is 5.32 Å². The Morgan fingerprint density at radius 3 is 2.85 bits per heavy atom. The van der Waals surface area contributed by atoms with Gasteiger partial charge in [-0.1, -0.05) is 24.6 Å². The van der Waals surface area contributed by atoms with Gasteiger partial charge in [0.2, 0.25) is 0 Å². The van der Waals surface area contributed by atoms with E-state index in [1.165, 1.54) is 0 Å². The normalized spacial score (nSPS) is 12.7. The molecule has 1 aromatic carbocycles. The first-order valence-electron chi connectivity index (χ1n) is 6.40. The number of aryl methyl sites for hydroxylation is 1. The maximum Gasteiger partial charge on any atom is 0.148 e. The molecule has 0 aliphatic carbocycles. The molecule has 0 saturated carbocycles. The zero-order valence-corrected chi connectivity index (χ0v) is 13.7. The highest BCUT2D eigenvalue weighted by atomic mass is 79.9. The minimum Gasteiger partial charge on any atom is -0.336 e. The number of imidazole rings is 1. The molecule has 1 N–H and O–H groups in total. The van der Waals surface area contributed by atoms with E-state index in [4.69, 9.17) is 11.6 Å². The van der Waals surface area contributed by atoms with E-state index >= 15 is 0 Å². The molecule has 0 aliphatic heterocycles. The van der Waals surface area contributed by atoms with Crippen molar-refractivity contribution in [3.63, 3.8) is 0 Å². The standard InChI is InChI=1S/C14H16BrClFN3/c1-3-6-18-13(14-19-7-8-20(14)2)9-4-5-10(15)11(16)12(9)17/h4-5,7-8,13,18H,3,6H2,1-2H3. The van der Waals surface area contributed by atoms with Crippen LogP contribution in [0.25, 0.3) is 0 Å². The molecule has 1 aromatic heterocycles. The van der Waals surface area contributed by atoms with Gasteiger partial charge >= 0.3 is 0 Å². The van der Waals surface area contributed by atoms with Crippen molar-refractivity contribution >= 4 is 27.5 Å². The summed E-state index contributed by atoms with van der Waals surface area (Å²) in [4.78, 5) is 4.32. The second-order valence-corrected chi connectivity index (χ2v) is 5.78. The van der Waals surface area contributed by atoms with E-state index < -0.39 is 5.82 Å². The van der Waals surface area contributed by atoms with E-state index in [9.17, 15) is 4.39 Å². The summed E-state index contributed by atoms with van der Waals surface area (Å²) in [5.41, 5.74) is 0.501. The SMILES string of the molecule is CCCNC(c1ccc(Br)c(Cl)c1F)c1nccn1C. The van der Waals surface area contributed by atoms with Crippen LogP contribution in [-0.4, -0.2) is 16.1 Å². The number of hydrogen-bond donors (Lipinski definition) is 1. The van der Waals surface area contributed by atoms with E-state index in [-0.39, 0.29) is 11.1 Å². The van der Waals surface area contributed by atoms with Crippen molar-refractivity contribution in [2.75, 3.05) is 6.54 Å². The van der Waals surface area contributed by atoms with Gasteiger partial charge in [0, 0.05) is 29.5 Å². The second-order valence-electron chi connectivity index (χ2n) is 4.55. The molecular weight excluding hydrogens is 345 g/mol. The first kappa shape index (κ1) is 15.5. The average Bonchev–Trinajstić information content (AvgIpc) is 2.85. The second kappa shape index (κ2) is 6.70. The molecule has 6 heteroatoms. The van der Waals surface area contributed by atoms with Crippen molar-refractivity contribution in [2.45, 2.75) is 19.4 Å². The Morgan fingerprint density at radius 1 is 1.50 bits per heavy atom. The average molecular weight is 361 g/mol. The van der Waals surface area contributed by atoms with Gasteiger partial charge in [0.05, 0.1) is 11.1 Å². The van der Waals surface area contributed by atoms with Crippen LogP contribution in [0.3, 0.4) is 0 Å². The zero-order chi connectivity index (χ0) is 14.7. The van der Waals surface area contributed by atoms with E-state index in [1.807, 2.05) is 17.8 Å². The number of benzene rings is 1. The Labute approximate surface area is 131 Å². The zero-order valence-electron chi connectivity index (χ0n) is 11.3. The number of rotatable bonds is 5. The summed E-state index contributed by atoms with van der Waals surface area (Å²) in [6.07, 6.45) is 4.50. The van der Waals surface area contributed by atoms with Crippen LogP contribution in [0.1, 0.15) is 30.8 Å². The minimum atomic E-state index is -0.419. The van der Waals surface area contributed by atoms with Gasteiger partial charge in [-0.2, -0.15) is 0 Å². The molecule has 1 atom stereocenters. The highest BCUT2D eigenvalue weighted by Gasteiger charge is 2.23. The van der Waals surface area contributed by atoms with Crippen molar-refractivity contribution in [1.82, 2.24) is 14.9 Å². The van der Waals surface area contributed by atoms with Crippen LogP contribution in [0.2, 0.25) is 5.02 Å². The smallest absolute Gasteiger partial charge is 0.148 e. The number of nitrogens with zero attached hydrogens (tertiary/aromatic N) is 2. The highest BCUT2D eigenvalue weighted by molar-refractivity contribution is 9.10. The summed E-state index contributed by atoms with van der Waals surface area (Å²) in [5, 5.41) is 3.42. The number of aromatic nitrogens is 2. The van der Waals surface area contributed by atoms with Crippen molar-refractivity contribution in [1.29, 1.82) is 0 Å². The first-order valence-corrected chi connectivity index (χ1v) is 7.57. The van der Waals surface area contributed by atoms with Crippen LogP contribution in [-0.2, 0) is 7.05 Å². The van der Waals surface area contributed by atoms with Gasteiger partial charge < -0.3 is 9.88 Å². The fraction of sp³-hybridized carbons (Fsp3) is 0.357. The Hall–Kier alpha value is -0.910. The van der Waals surface area contributed by atoms with Gasteiger partial charge in [-0.3, -0.25) is 0 Å². The van der Waals surface area contributed by atoms with Gasteiger partial charge in [0.1, 0.15) is 11.6 Å². The third-order valence-electron chi connectivity index (χ3n) is 3.09. The molecule has 20 heavy (non-hydrogen) atoms.